The summed E-state index contributed by atoms with van der Waals surface area (Å²) in [5.74, 6) is 1.000. The fraction of sp³-hybridized carbons (Fsp3) is 1.00. The maximum atomic E-state index is 2.45. The molecule has 94 valence electrons. The first kappa shape index (κ1) is 12.8. The quantitative estimate of drug-likeness (QED) is 0.622. The van der Waals surface area contributed by atoms with Crippen molar-refractivity contribution in [3.8, 4) is 0 Å². The molecule has 2 saturated carbocycles. The van der Waals surface area contributed by atoms with Crippen LogP contribution in [0.1, 0.15) is 77.6 Å². The van der Waals surface area contributed by atoms with E-state index in [2.05, 4.69) is 18.7 Å². The van der Waals surface area contributed by atoms with Crippen LogP contribution in [-0.4, -0.2) is 10.5 Å². The van der Waals surface area contributed by atoms with Crippen LogP contribution in [0.2, 0.25) is 0 Å². The Balaban J connectivity index is 1.73. The van der Waals surface area contributed by atoms with Crippen molar-refractivity contribution in [3.05, 3.63) is 0 Å². The Bertz CT molecular complexity index is 182. The third-order valence-corrected chi connectivity index (χ3v) is 5.99. The zero-order valence-corrected chi connectivity index (χ0v) is 11.7. The van der Waals surface area contributed by atoms with Crippen LogP contribution in [0.3, 0.4) is 0 Å². The highest BCUT2D eigenvalue weighted by Crippen LogP contribution is 2.37. The van der Waals surface area contributed by atoms with E-state index in [4.69, 9.17) is 0 Å². The van der Waals surface area contributed by atoms with Gasteiger partial charge in [-0.2, -0.15) is 11.8 Å². The van der Waals surface area contributed by atoms with E-state index in [-0.39, 0.29) is 0 Å². The fourth-order valence-electron chi connectivity index (χ4n) is 3.33. The number of rotatable bonds is 2. The molecule has 0 aromatic heterocycles. The minimum absolute atomic E-state index is 1.000. The van der Waals surface area contributed by atoms with Gasteiger partial charge in [0.25, 0.3) is 0 Å². The van der Waals surface area contributed by atoms with Crippen LogP contribution in [0.25, 0.3) is 0 Å². The van der Waals surface area contributed by atoms with Gasteiger partial charge in [0.1, 0.15) is 0 Å². The summed E-state index contributed by atoms with van der Waals surface area (Å²) in [6.07, 6.45) is 16.5. The lowest BCUT2D eigenvalue weighted by molar-refractivity contribution is 0.392. The molecule has 2 rings (SSSR count). The Morgan fingerprint density at radius 2 is 1.31 bits per heavy atom. The molecule has 2 unspecified atom stereocenters. The zero-order chi connectivity index (χ0) is 11.2. The maximum Gasteiger partial charge on any atom is 0.00523 e. The average Bonchev–Trinajstić information content (AvgIpc) is 2.22. The molecule has 1 heteroatoms. The second-order valence-electron chi connectivity index (χ2n) is 6.00. The van der Waals surface area contributed by atoms with Gasteiger partial charge in [0.15, 0.2) is 0 Å². The minimum atomic E-state index is 1.000. The number of hydrogen-bond acceptors (Lipinski definition) is 1. The normalized spacial score (nSPS) is 34.3. The van der Waals surface area contributed by atoms with Crippen molar-refractivity contribution in [1.29, 1.82) is 0 Å². The standard InChI is InChI=1S/C15H28S/c1-13-8-7-11-15(12-13)16-14-9-5-3-2-4-6-10-14/h13-15H,2-12H2,1H3. The summed E-state index contributed by atoms with van der Waals surface area (Å²) >= 11 is 2.37. The third-order valence-electron chi connectivity index (χ3n) is 4.33. The molecule has 0 N–H and O–H groups in total. The largest absolute Gasteiger partial charge is 0.155 e. The molecule has 2 aliphatic carbocycles. The lowest BCUT2D eigenvalue weighted by Gasteiger charge is -2.30. The van der Waals surface area contributed by atoms with Gasteiger partial charge in [-0.25, -0.2) is 0 Å². The molecular weight excluding hydrogens is 212 g/mol. The lowest BCUT2D eigenvalue weighted by atomic mass is 9.90. The first-order chi connectivity index (χ1) is 7.84. The van der Waals surface area contributed by atoms with Gasteiger partial charge in [-0.3, -0.25) is 0 Å². The van der Waals surface area contributed by atoms with Crippen molar-refractivity contribution in [2.24, 2.45) is 5.92 Å². The van der Waals surface area contributed by atoms with Gasteiger partial charge in [0.05, 0.1) is 0 Å². The van der Waals surface area contributed by atoms with E-state index in [9.17, 15) is 0 Å². The molecule has 0 amide bonds. The van der Waals surface area contributed by atoms with Gasteiger partial charge >= 0.3 is 0 Å². The van der Waals surface area contributed by atoms with Gasteiger partial charge in [-0.05, 0) is 31.6 Å². The molecular formula is C15H28S. The van der Waals surface area contributed by atoms with Gasteiger partial charge in [0, 0.05) is 10.5 Å². The topological polar surface area (TPSA) is 0 Å². The Morgan fingerprint density at radius 3 is 2.00 bits per heavy atom. The molecule has 0 nitrogen and oxygen atoms in total. The summed E-state index contributed by atoms with van der Waals surface area (Å²) in [4.78, 5) is 0. The van der Waals surface area contributed by atoms with E-state index >= 15 is 0 Å². The molecule has 2 atom stereocenters. The van der Waals surface area contributed by atoms with Crippen molar-refractivity contribution in [1.82, 2.24) is 0 Å². The summed E-state index contributed by atoms with van der Waals surface area (Å²) < 4.78 is 0. The molecule has 0 spiro atoms. The summed E-state index contributed by atoms with van der Waals surface area (Å²) in [5.41, 5.74) is 0. The summed E-state index contributed by atoms with van der Waals surface area (Å²) in [7, 11) is 0. The molecule has 0 aromatic carbocycles. The van der Waals surface area contributed by atoms with Crippen LogP contribution in [0.15, 0.2) is 0 Å². The van der Waals surface area contributed by atoms with Crippen LogP contribution in [0.4, 0.5) is 0 Å². The Labute approximate surface area is 106 Å². The van der Waals surface area contributed by atoms with Crippen LogP contribution in [0.5, 0.6) is 0 Å². The Hall–Kier alpha value is 0.350. The number of hydrogen-bond donors (Lipinski definition) is 0. The maximum absolute atomic E-state index is 2.45. The van der Waals surface area contributed by atoms with Crippen molar-refractivity contribution in [2.45, 2.75) is 88.1 Å². The second-order valence-corrected chi connectivity index (χ2v) is 7.60. The summed E-state index contributed by atoms with van der Waals surface area (Å²) in [6.45, 7) is 2.45. The van der Waals surface area contributed by atoms with Gasteiger partial charge < -0.3 is 0 Å². The van der Waals surface area contributed by atoms with Crippen LogP contribution in [-0.2, 0) is 0 Å². The molecule has 16 heavy (non-hydrogen) atoms. The Morgan fingerprint density at radius 1 is 0.688 bits per heavy atom. The van der Waals surface area contributed by atoms with E-state index in [0.717, 1.165) is 16.4 Å². The highest BCUT2D eigenvalue weighted by Gasteiger charge is 2.23. The minimum Gasteiger partial charge on any atom is -0.155 e. The molecule has 0 aliphatic heterocycles. The van der Waals surface area contributed by atoms with Gasteiger partial charge in [0.2, 0.25) is 0 Å². The zero-order valence-electron chi connectivity index (χ0n) is 10.9. The summed E-state index contributed by atoms with van der Waals surface area (Å²) in [5, 5.41) is 2.02. The Kier molecular flexibility index (Phi) is 5.55. The van der Waals surface area contributed by atoms with Crippen molar-refractivity contribution < 1.29 is 0 Å². The molecule has 0 radical (unpaired) electrons. The van der Waals surface area contributed by atoms with Crippen molar-refractivity contribution >= 4 is 11.8 Å². The first-order valence-corrected chi connectivity index (χ1v) is 8.44. The van der Waals surface area contributed by atoms with E-state index in [1.165, 1.54) is 70.6 Å². The van der Waals surface area contributed by atoms with Gasteiger partial charge in [-0.1, -0.05) is 51.9 Å². The van der Waals surface area contributed by atoms with Crippen molar-refractivity contribution in [2.75, 3.05) is 0 Å². The highest BCUT2D eigenvalue weighted by atomic mass is 32.2. The summed E-state index contributed by atoms with van der Waals surface area (Å²) in [6, 6.07) is 0. The average molecular weight is 240 g/mol. The molecule has 0 heterocycles. The van der Waals surface area contributed by atoms with Crippen LogP contribution in [0, 0.1) is 5.92 Å². The smallest absolute Gasteiger partial charge is 0.00523 e. The van der Waals surface area contributed by atoms with Crippen molar-refractivity contribution in [3.63, 3.8) is 0 Å². The molecule has 0 bridgehead atoms. The highest BCUT2D eigenvalue weighted by molar-refractivity contribution is 8.00. The van der Waals surface area contributed by atoms with E-state index < -0.39 is 0 Å². The molecule has 0 saturated heterocycles. The molecule has 2 fully saturated rings. The van der Waals surface area contributed by atoms with E-state index in [1.807, 2.05) is 0 Å². The number of thioether (sulfide) groups is 1. The van der Waals surface area contributed by atoms with Crippen LogP contribution >= 0.6 is 11.8 Å². The first-order valence-electron chi connectivity index (χ1n) is 7.50. The molecule has 2 aliphatic rings. The predicted molar refractivity (Wildman–Crippen MR) is 75.1 cm³/mol. The van der Waals surface area contributed by atoms with E-state index in [0.29, 0.717) is 0 Å². The lowest BCUT2D eigenvalue weighted by Crippen LogP contribution is -2.19. The third kappa shape index (κ3) is 4.31. The molecule has 0 aromatic rings. The fourth-order valence-corrected chi connectivity index (χ4v) is 5.22. The SMILES string of the molecule is CC1CCCC(SC2CCCCCCC2)C1. The monoisotopic (exact) mass is 240 g/mol. The van der Waals surface area contributed by atoms with E-state index in [1.54, 1.807) is 0 Å². The predicted octanol–water partition coefficient (Wildman–Crippen LogP) is 5.41. The van der Waals surface area contributed by atoms with Crippen LogP contribution < -0.4 is 0 Å². The van der Waals surface area contributed by atoms with Gasteiger partial charge in [-0.15, -0.1) is 0 Å². The second kappa shape index (κ2) is 6.93.